The number of likely N-dealkylation sites (N-methyl/N-ethyl adjacent to an activating group) is 1. The SMILES string of the molecule is CCN(CC)CC(O)COCCCS(C)(OC)OC. The van der Waals surface area contributed by atoms with E-state index in [0.29, 0.717) is 19.8 Å². The van der Waals surface area contributed by atoms with Crippen LogP contribution in [0.3, 0.4) is 0 Å². The fourth-order valence-corrected chi connectivity index (χ4v) is 2.82. The van der Waals surface area contributed by atoms with E-state index in [0.717, 1.165) is 25.3 Å². The predicted molar refractivity (Wildman–Crippen MR) is 81.6 cm³/mol. The van der Waals surface area contributed by atoms with Gasteiger partial charge in [0.25, 0.3) is 0 Å². The molecule has 0 aromatic heterocycles. The highest BCUT2D eigenvalue weighted by atomic mass is 32.3. The van der Waals surface area contributed by atoms with E-state index >= 15 is 0 Å². The van der Waals surface area contributed by atoms with Gasteiger partial charge in [0.15, 0.2) is 0 Å². The lowest BCUT2D eigenvalue weighted by Crippen LogP contribution is -2.34. The minimum Gasteiger partial charge on any atom is -0.389 e. The van der Waals surface area contributed by atoms with Crippen molar-refractivity contribution >= 4 is 10.6 Å². The molecular formula is C13H31NO4S. The van der Waals surface area contributed by atoms with E-state index in [-0.39, 0.29) is 0 Å². The molecule has 0 radical (unpaired) electrons. The molecule has 0 aliphatic heterocycles. The van der Waals surface area contributed by atoms with Crippen LogP contribution < -0.4 is 0 Å². The molecule has 0 aromatic carbocycles. The van der Waals surface area contributed by atoms with E-state index in [1.165, 1.54) is 0 Å². The first-order valence-electron chi connectivity index (χ1n) is 6.86. The summed E-state index contributed by atoms with van der Waals surface area (Å²) in [5.41, 5.74) is 0. The van der Waals surface area contributed by atoms with Crippen LogP contribution in [0.2, 0.25) is 0 Å². The number of ether oxygens (including phenoxy) is 1. The summed E-state index contributed by atoms with van der Waals surface area (Å²) in [7, 11) is 1.96. The quantitative estimate of drug-likeness (QED) is 0.555. The van der Waals surface area contributed by atoms with E-state index in [2.05, 4.69) is 18.7 Å². The van der Waals surface area contributed by atoms with Crippen molar-refractivity contribution in [1.29, 1.82) is 0 Å². The van der Waals surface area contributed by atoms with Gasteiger partial charge in [0.2, 0.25) is 0 Å². The zero-order valence-electron chi connectivity index (χ0n) is 13.1. The molecule has 0 amide bonds. The summed E-state index contributed by atoms with van der Waals surface area (Å²) in [4.78, 5) is 2.19. The van der Waals surface area contributed by atoms with Crippen LogP contribution >= 0.6 is 10.6 Å². The van der Waals surface area contributed by atoms with Crippen LogP contribution in [0.15, 0.2) is 0 Å². The molecule has 0 rings (SSSR count). The number of aliphatic hydroxyl groups is 1. The second kappa shape index (κ2) is 10.9. The zero-order chi connectivity index (χ0) is 14.7. The Hall–Kier alpha value is 0.150. The Morgan fingerprint density at radius 3 is 2.21 bits per heavy atom. The molecule has 0 aliphatic carbocycles. The van der Waals surface area contributed by atoms with Crippen molar-refractivity contribution in [1.82, 2.24) is 4.90 Å². The molecule has 0 heterocycles. The van der Waals surface area contributed by atoms with Gasteiger partial charge in [-0.3, -0.25) is 8.37 Å². The summed E-state index contributed by atoms with van der Waals surface area (Å²) in [5, 5.41) is 9.82. The molecule has 0 aromatic rings. The van der Waals surface area contributed by atoms with Crippen LogP contribution in [0.25, 0.3) is 0 Å². The minimum absolute atomic E-state index is 0.391. The Morgan fingerprint density at radius 1 is 1.16 bits per heavy atom. The van der Waals surface area contributed by atoms with E-state index in [4.69, 9.17) is 13.1 Å². The van der Waals surface area contributed by atoms with E-state index in [1.54, 1.807) is 14.2 Å². The van der Waals surface area contributed by atoms with Crippen LogP contribution in [0.4, 0.5) is 0 Å². The van der Waals surface area contributed by atoms with Gasteiger partial charge < -0.3 is 14.7 Å². The zero-order valence-corrected chi connectivity index (χ0v) is 13.9. The van der Waals surface area contributed by atoms with Crippen LogP contribution in [0, 0.1) is 0 Å². The van der Waals surface area contributed by atoms with Crippen LogP contribution in [-0.4, -0.2) is 75.2 Å². The first-order chi connectivity index (χ1) is 9.01. The topological polar surface area (TPSA) is 51.2 Å². The molecular weight excluding hydrogens is 266 g/mol. The molecule has 0 aliphatic rings. The highest BCUT2D eigenvalue weighted by Gasteiger charge is 2.12. The Kier molecular flexibility index (Phi) is 11.0. The molecule has 118 valence electrons. The molecule has 0 bridgehead atoms. The average molecular weight is 297 g/mol. The third-order valence-electron chi connectivity index (χ3n) is 3.18. The second-order valence-electron chi connectivity index (χ2n) is 4.53. The summed E-state index contributed by atoms with van der Waals surface area (Å²) >= 11 is 0. The van der Waals surface area contributed by atoms with Crippen molar-refractivity contribution in [2.45, 2.75) is 26.4 Å². The number of rotatable bonds is 12. The van der Waals surface area contributed by atoms with Crippen molar-refractivity contribution in [3.8, 4) is 0 Å². The maximum Gasteiger partial charge on any atom is 0.0900 e. The van der Waals surface area contributed by atoms with Crippen molar-refractivity contribution in [3.63, 3.8) is 0 Å². The van der Waals surface area contributed by atoms with E-state index in [9.17, 15) is 5.11 Å². The lowest BCUT2D eigenvalue weighted by atomic mass is 10.3. The molecule has 6 heteroatoms. The van der Waals surface area contributed by atoms with E-state index in [1.807, 2.05) is 6.26 Å². The maximum atomic E-state index is 9.82. The number of aliphatic hydroxyl groups excluding tert-OH is 1. The molecule has 1 unspecified atom stereocenters. The standard InChI is InChI=1S/C13H31NO4S/c1-6-14(7-2)11-13(15)12-18-9-8-10-19(5,16-3)17-4/h13,15H,6-12H2,1-5H3. The van der Waals surface area contributed by atoms with Crippen molar-refractivity contribution in [2.24, 2.45) is 0 Å². The van der Waals surface area contributed by atoms with E-state index < -0.39 is 16.7 Å². The number of hydrogen-bond acceptors (Lipinski definition) is 5. The number of nitrogens with zero attached hydrogens (tertiary/aromatic N) is 1. The monoisotopic (exact) mass is 297 g/mol. The third-order valence-corrected chi connectivity index (χ3v) is 5.62. The fourth-order valence-electron chi connectivity index (χ4n) is 1.71. The van der Waals surface area contributed by atoms with Crippen molar-refractivity contribution < 1.29 is 18.2 Å². The third kappa shape index (κ3) is 8.83. The number of hydrogen-bond donors (Lipinski definition) is 1. The fraction of sp³-hybridized carbons (Fsp3) is 1.00. The van der Waals surface area contributed by atoms with Gasteiger partial charge in [0.1, 0.15) is 0 Å². The Balaban J connectivity index is 3.63. The smallest absolute Gasteiger partial charge is 0.0900 e. The largest absolute Gasteiger partial charge is 0.389 e. The van der Waals surface area contributed by atoms with Gasteiger partial charge in [0.05, 0.1) is 26.9 Å². The van der Waals surface area contributed by atoms with Gasteiger partial charge in [-0.25, -0.2) is 0 Å². The van der Waals surface area contributed by atoms with Gasteiger partial charge >= 0.3 is 0 Å². The summed E-state index contributed by atoms with van der Waals surface area (Å²) in [6.45, 7) is 7.79. The second-order valence-corrected chi connectivity index (χ2v) is 7.46. The summed E-state index contributed by atoms with van der Waals surface area (Å²) in [5.74, 6) is 0.853. The summed E-state index contributed by atoms with van der Waals surface area (Å²) in [6.07, 6.45) is 2.46. The van der Waals surface area contributed by atoms with Gasteiger partial charge in [-0.05, 0) is 19.5 Å². The van der Waals surface area contributed by atoms with Crippen LogP contribution in [-0.2, 0) is 13.1 Å². The predicted octanol–water partition coefficient (Wildman–Crippen LogP) is 1.65. The van der Waals surface area contributed by atoms with Gasteiger partial charge in [-0.2, -0.15) is 10.6 Å². The Bertz CT molecular complexity index is 211. The average Bonchev–Trinajstić information content (AvgIpc) is 2.44. The Labute approximate surface area is 119 Å². The first-order valence-corrected chi connectivity index (χ1v) is 8.92. The van der Waals surface area contributed by atoms with Crippen molar-refractivity contribution in [3.05, 3.63) is 0 Å². The lowest BCUT2D eigenvalue weighted by molar-refractivity contribution is 0.0186. The molecule has 0 saturated heterocycles. The van der Waals surface area contributed by atoms with Gasteiger partial charge in [-0.1, -0.05) is 13.8 Å². The molecule has 0 spiro atoms. The first kappa shape index (κ1) is 19.1. The molecule has 0 fully saturated rings. The highest BCUT2D eigenvalue weighted by Crippen LogP contribution is 2.44. The lowest BCUT2D eigenvalue weighted by Gasteiger charge is -2.36. The van der Waals surface area contributed by atoms with Crippen LogP contribution in [0.5, 0.6) is 0 Å². The molecule has 1 N–H and O–H groups in total. The minimum atomic E-state index is -1.39. The summed E-state index contributed by atoms with van der Waals surface area (Å²) in [6, 6.07) is 0. The van der Waals surface area contributed by atoms with Crippen molar-refractivity contribution in [2.75, 3.05) is 59.1 Å². The molecule has 5 nitrogen and oxygen atoms in total. The van der Waals surface area contributed by atoms with Crippen LogP contribution in [0.1, 0.15) is 20.3 Å². The van der Waals surface area contributed by atoms with Gasteiger partial charge in [0, 0.05) is 25.2 Å². The highest BCUT2D eigenvalue weighted by molar-refractivity contribution is 8.25. The Morgan fingerprint density at radius 2 is 1.74 bits per heavy atom. The van der Waals surface area contributed by atoms with Gasteiger partial charge in [-0.15, -0.1) is 0 Å². The molecule has 0 saturated carbocycles. The maximum absolute atomic E-state index is 9.82. The molecule has 19 heavy (non-hydrogen) atoms. The summed E-state index contributed by atoms with van der Waals surface area (Å²) < 4.78 is 16.2. The normalized spacial score (nSPS) is 14.9. The molecule has 1 atom stereocenters.